The minimum atomic E-state index is 0. The first-order valence-electron chi connectivity index (χ1n) is 5.50. The standard InChI is InChI=1S/C12H16BrN3.2ClH/c1-2-11(16-7-5-14-6-8-16)10-3-4-15-12(13)9-10;;/h2-4,9,11,14H,1,5-8H2;2*1H/t11-;;/m1../s1. The van der Waals surface area contributed by atoms with E-state index in [0.717, 1.165) is 30.8 Å². The smallest absolute Gasteiger partial charge is 0.106 e. The van der Waals surface area contributed by atoms with Gasteiger partial charge in [-0.15, -0.1) is 31.4 Å². The van der Waals surface area contributed by atoms with Crippen LogP contribution < -0.4 is 5.32 Å². The normalized spacial score (nSPS) is 17.2. The minimum absolute atomic E-state index is 0. The van der Waals surface area contributed by atoms with Gasteiger partial charge in [-0.2, -0.15) is 0 Å². The molecule has 0 bridgehead atoms. The summed E-state index contributed by atoms with van der Waals surface area (Å²) in [7, 11) is 0. The van der Waals surface area contributed by atoms with Gasteiger partial charge in [-0.05, 0) is 33.6 Å². The molecule has 2 heterocycles. The maximum Gasteiger partial charge on any atom is 0.106 e. The van der Waals surface area contributed by atoms with E-state index in [2.05, 4.69) is 49.8 Å². The molecule has 1 saturated heterocycles. The van der Waals surface area contributed by atoms with Crippen LogP contribution in [0.2, 0.25) is 0 Å². The highest BCUT2D eigenvalue weighted by Crippen LogP contribution is 2.23. The van der Waals surface area contributed by atoms with Gasteiger partial charge in [0, 0.05) is 32.4 Å². The molecule has 0 aromatic carbocycles. The fourth-order valence-corrected chi connectivity index (χ4v) is 2.44. The highest BCUT2D eigenvalue weighted by atomic mass is 79.9. The molecule has 0 saturated carbocycles. The summed E-state index contributed by atoms with van der Waals surface area (Å²) in [6, 6.07) is 4.41. The van der Waals surface area contributed by atoms with Crippen molar-refractivity contribution in [1.82, 2.24) is 15.2 Å². The van der Waals surface area contributed by atoms with E-state index in [4.69, 9.17) is 0 Å². The topological polar surface area (TPSA) is 28.2 Å². The van der Waals surface area contributed by atoms with Crippen molar-refractivity contribution in [2.45, 2.75) is 6.04 Å². The Balaban J connectivity index is 0.00000144. The molecular formula is C12H18BrCl2N3. The Hall–Kier alpha value is -0.130. The lowest BCUT2D eigenvalue weighted by molar-refractivity contribution is 0.203. The Morgan fingerprint density at radius 2 is 2.06 bits per heavy atom. The summed E-state index contributed by atoms with van der Waals surface area (Å²) in [5.41, 5.74) is 1.25. The van der Waals surface area contributed by atoms with Crippen LogP contribution in [0.15, 0.2) is 35.6 Å². The summed E-state index contributed by atoms with van der Waals surface area (Å²) in [6.45, 7) is 8.18. The maximum atomic E-state index is 4.15. The zero-order valence-electron chi connectivity index (χ0n) is 10.0. The van der Waals surface area contributed by atoms with E-state index >= 15 is 0 Å². The number of aromatic nitrogens is 1. The lowest BCUT2D eigenvalue weighted by Crippen LogP contribution is -2.44. The van der Waals surface area contributed by atoms with Crippen molar-refractivity contribution in [2.75, 3.05) is 26.2 Å². The molecule has 1 aliphatic heterocycles. The number of piperazine rings is 1. The van der Waals surface area contributed by atoms with E-state index in [1.54, 1.807) is 0 Å². The minimum Gasteiger partial charge on any atom is -0.314 e. The summed E-state index contributed by atoms with van der Waals surface area (Å²) in [5, 5.41) is 3.36. The van der Waals surface area contributed by atoms with Crippen LogP contribution in [-0.2, 0) is 0 Å². The van der Waals surface area contributed by atoms with Crippen LogP contribution in [0, 0.1) is 0 Å². The number of nitrogens with zero attached hydrogens (tertiary/aromatic N) is 2. The molecule has 0 amide bonds. The van der Waals surface area contributed by atoms with Gasteiger partial charge >= 0.3 is 0 Å². The van der Waals surface area contributed by atoms with Crippen LogP contribution in [0.3, 0.4) is 0 Å². The highest BCUT2D eigenvalue weighted by molar-refractivity contribution is 9.10. The monoisotopic (exact) mass is 353 g/mol. The molecule has 1 aromatic heterocycles. The van der Waals surface area contributed by atoms with Crippen molar-refractivity contribution in [3.8, 4) is 0 Å². The van der Waals surface area contributed by atoms with E-state index in [0.29, 0.717) is 6.04 Å². The van der Waals surface area contributed by atoms with Gasteiger partial charge in [0.25, 0.3) is 0 Å². The van der Waals surface area contributed by atoms with Gasteiger partial charge in [-0.25, -0.2) is 4.98 Å². The summed E-state index contributed by atoms with van der Waals surface area (Å²) in [6.07, 6.45) is 3.84. The Kier molecular flexibility index (Phi) is 8.82. The quantitative estimate of drug-likeness (QED) is 0.668. The molecule has 0 aliphatic carbocycles. The third kappa shape index (κ3) is 4.52. The Labute approximate surface area is 129 Å². The summed E-state index contributed by atoms with van der Waals surface area (Å²) in [4.78, 5) is 6.59. The van der Waals surface area contributed by atoms with Crippen molar-refractivity contribution in [1.29, 1.82) is 0 Å². The highest BCUT2D eigenvalue weighted by Gasteiger charge is 2.19. The summed E-state index contributed by atoms with van der Waals surface area (Å²) in [5.74, 6) is 0. The summed E-state index contributed by atoms with van der Waals surface area (Å²) >= 11 is 3.41. The molecule has 0 spiro atoms. The van der Waals surface area contributed by atoms with Crippen LogP contribution in [-0.4, -0.2) is 36.1 Å². The first-order valence-corrected chi connectivity index (χ1v) is 6.29. The van der Waals surface area contributed by atoms with Gasteiger partial charge in [-0.3, -0.25) is 4.90 Å². The van der Waals surface area contributed by atoms with E-state index < -0.39 is 0 Å². The molecule has 0 radical (unpaired) electrons. The van der Waals surface area contributed by atoms with E-state index in [-0.39, 0.29) is 24.8 Å². The number of nitrogens with one attached hydrogen (secondary N) is 1. The van der Waals surface area contributed by atoms with Gasteiger partial charge in [-0.1, -0.05) is 6.08 Å². The first-order chi connectivity index (χ1) is 7.81. The zero-order valence-corrected chi connectivity index (χ0v) is 13.2. The maximum absolute atomic E-state index is 4.15. The molecule has 1 fully saturated rings. The molecule has 18 heavy (non-hydrogen) atoms. The SMILES string of the molecule is C=C[C@H](c1ccnc(Br)c1)N1CCNCC1.Cl.Cl. The number of hydrogen-bond acceptors (Lipinski definition) is 3. The first kappa shape index (κ1) is 17.9. The molecule has 6 heteroatoms. The largest absolute Gasteiger partial charge is 0.314 e. The lowest BCUT2D eigenvalue weighted by atomic mass is 10.1. The molecular weight excluding hydrogens is 337 g/mol. The molecule has 1 aromatic rings. The molecule has 1 aliphatic rings. The average molecular weight is 355 g/mol. The number of pyridine rings is 1. The molecule has 1 N–H and O–H groups in total. The Bertz CT molecular complexity index is 370. The van der Waals surface area contributed by atoms with Crippen LogP contribution in [0.5, 0.6) is 0 Å². The zero-order chi connectivity index (χ0) is 11.4. The second-order valence-corrected chi connectivity index (χ2v) is 4.69. The number of halogens is 3. The van der Waals surface area contributed by atoms with Gasteiger partial charge in [0.15, 0.2) is 0 Å². The van der Waals surface area contributed by atoms with Gasteiger partial charge < -0.3 is 5.32 Å². The fourth-order valence-electron chi connectivity index (χ4n) is 2.06. The second-order valence-electron chi connectivity index (χ2n) is 3.88. The van der Waals surface area contributed by atoms with Crippen molar-refractivity contribution in [3.63, 3.8) is 0 Å². The third-order valence-corrected chi connectivity index (χ3v) is 3.29. The van der Waals surface area contributed by atoms with Crippen molar-refractivity contribution < 1.29 is 0 Å². The summed E-state index contributed by atoms with van der Waals surface area (Å²) < 4.78 is 0.881. The number of rotatable bonds is 3. The molecule has 3 nitrogen and oxygen atoms in total. The van der Waals surface area contributed by atoms with E-state index in [1.807, 2.05) is 12.3 Å². The van der Waals surface area contributed by atoms with Crippen LogP contribution in [0.25, 0.3) is 0 Å². The predicted octanol–water partition coefficient (Wildman–Crippen LogP) is 2.82. The van der Waals surface area contributed by atoms with E-state index in [1.165, 1.54) is 5.56 Å². The molecule has 1 atom stereocenters. The van der Waals surface area contributed by atoms with Crippen LogP contribution in [0.1, 0.15) is 11.6 Å². The Morgan fingerprint density at radius 3 is 2.61 bits per heavy atom. The Morgan fingerprint density at radius 1 is 1.39 bits per heavy atom. The van der Waals surface area contributed by atoms with Gasteiger partial charge in [0.2, 0.25) is 0 Å². The van der Waals surface area contributed by atoms with Crippen LogP contribution >= 0.6 is 40.7 Å². The van der Waals surface area contributed by atoms with Crippen molar-refractivity contribution in [2.24, 2.45) is 0 Å². The second kappa shape index (κ2) is 8.88. The lowest BCUT2D eigenvalue weighted by Gasteiger charge is -2.33. The average Bonchev–Trinajstić information content (AvgIpc) is 2.31. The fraction of sp³-hybridized carbons (Fsp3) is 0.417. The number of hydrogen-bond donors (Lipinski definition) is 1. The third-order valence-electron chi connectivity index (χ3n) is 2.86. The van der Waals surface area contributed by atoms with Crippen molar-refractivity contribution >= 4 is 40.7 Å². The van der Waals surface area contributed by atoms with Gasteiger partial charge in [0.05, 0.1) is 6.04 Å². The van der Waals surface area contributed by atoms with Gasteiger partial charge in [0.1, 0.15) is 4.60 Å². The van der Waals surface area contributed by atoms with Crippen LogP contribution in [0.4, 0.5) is 0 Å². The molecule has 102 valence electrons. The molecule has 0 unspecified atom stereocenters. The van der Waals surface area contributed by atoms with E-state index in [9.17, 15) is 0 Å². The predicted molar refractivity (Wildman–Crippen MR) is 83.8 cm³/mol. The van der Waals surface area contributed by atoms with Crippen molar-refractivity contribution in [3.05, 3.63) is 41.2 Å². The molecule has 2 rings (SSSR count).